The molecule has 0 aliphatic heterocycles. The molecule has 0 radical (unpaired) electrons. The highest BCUT2D eigenvalue weighted by Crippen LogP contribution is 2.27. The van der Waals surface area contributed by atoms with Crippen LogP contribution in [-0.2, 0) is 7.05 Å². The number of benzene rings is 1. The van der Waals surface area contributed by atoms with E-state index >= 15 is 0 Å². The molecule has 0 aliphatic carbocycles. The van der Waals surface area contributed by atoms with Crippen LogP contribution in [0.25, 0.3) is 0 Å². The summed E-state index contributed by atoms with van der Waals surface area (Å²) in [4.78, 5) is 0. The summed E-state index contributed by atoms with van der Waals surface area (Å²) in [7, 11) is 3.80. The maximum atomic E-state index is 6.02. The Morgan fingerprint density at radius 1 is 1.24 bits per heavy atom. The van der Waals surface area contributed by atoms with Crippen LogP contribution in [-0.4, -0.2) is 16.8 Å². The SMILES string of the molecule is CNC(c1cc(Cl)cc(Cl)c1)c1ccnn1C. The van der Waals surface area contributed by atoms with Gasteiger partial charge in [0.2, 0.25) is 0 Å². The molecule has 0 saturated heterocycles. The standard InChI is InChI=1S/C12H13Cl2N3/c1-15-12(11-3-4-16-17(11)2)8-5-9(13)7-10(14)6-8/h3-7,12,15H,1-2H3. The predicted octanol–water partition coefficient (Wildman–Crippen LogP) is 3.04. The molecule has 0 spiro atoms. The Balaban J connectivity index is 2.45. The van der Waals surface area contributed by atoms with Crippen molar-refractivity contribution >= 4 is 23.2 Å². The highest BCUT2D eigenvalue weighted by Gasteiger charge is 2.16. The largest absolute Gasteiger partial charge is 0.308 e. The van der Waals surface area contributed by atoms with E-state index in [9.17, 15) is 0 Å². The van der Waals surface area contributed by atoms with E-state index in [1.807, 2.05) is 37.0 Å². The van der Waals surface area contributed by atoms with Gasteiger partial charge in [-0.2, -0.15) is 5.10 Å². The molecule has 5 heteroatoms. The number of aryl methyl sites for hydroxylation is 1. The lowest BCUT2D eigenvalue weighted by molar-refractivity contribution is 0.606. The number of rotatable bonds is 3. The highest BCUT2D eigenvalue weighted by atomic mass is 35.5. The van der Waals surface area contributed by atoms with Crippen LogP contribution < -0.4 is 5.32 Å². The first-order valence-corrected chi connectivity index (χ1v) is 5.98. The number of hydrogen-bond acceptors (Lipinski definition) is 2. The fraction of sp³-hybridized carbons (Fsp3) is 0.250. The van der Waals surface area contributed by atoms with Crippen molar-refractivity contribution in [1.82, 2.24) is 15.1 Å². The van der Waals surface area contributed by atoms with Gasteiger partial charge in [0, 0.05) is 23.3 Å². The molecule has 3 nitrogen and oxygen atoms in total. The molecule has 0 fully saturated rings. The first-order chi connectivity index (χ1) is 8.11. The van der Waals surface area contributed by atoms with Crippen LogP contribution in [0.1, 0.15) is 17.3 Å². The van der Waals surface area contributed by atoms with Gasteiger partial charge in [0.25, 0.3) is 0 Å². The molecule has 0 amide bonds. The molecule has 1 N–H and O–H groups in total. The second-order valence-electron chi connectivity index (χ2n) is 3.80. The Bertz CT molecular complexity index is 502. The third-order valence-corrected chi connectivity index (χ3v) is 3.10. The molecule has 1 heterocycles. The summed E-state index contributed by atoms with van der Waals surface area (Å²) >= 11 is 12.0. The average molecular weight is 270 g/mol. The van der Waals surface area contributed by atoms with Gasteiger partial charge < -0.3 is 5.32 Å². The molecule has 0 saturated carbocycles. The fourth-order valence-corrected chi connectivity index (χ4v) is 2.44. The molecule has 1 unspecified atom stereocenters. The molecule has 1 aromatic carbocycles. The average Bonchev–Trinajstić information content (AvgIpc) is 2.65. The zero-order chi connectivity index (χ0) is 12.4. The highest BCUT2D eigenvalue weighted by molar-refractivity contribution is 6.34. The van der Waals surface area contributed by atoms with Crippen LogP contribution in [0.5, 0.6) is 0 Å². The lowest BCUT2D eigenvalue weighted by Crippen LogP contribution is -2.20. The van der Waals surface area contributed by atoms with Crippen molar-refractivity contribution < 1.29 is 0 Å². The van der Waals surface area contributed by atoms with Gasteiger partial charge in [0.05, 0.1) is 11.7 Å². The molecule has 1 aromatic heterocycles. The maximum absolute atomic E-state index is 6.02. The van der Waals surface area contributed by atoms with Gasteiger partial charge in [-0.1, -0.05) is 23.2 Å². The fourth-order valence-electron chi connectivity index (χ4n) is 1.89. The van der Waals surface area contributed by atoms with Crippen LogP contribution in [0.4, 0.5) is 0 Å². The number of halogens is 2. The van der Waals surface area contributed by atoms with E-state index in [0.717, 1.165) is 11.3 Å². The smallest absolute Gasteiger partial charge is 0.0746 e. The quantitative estimate of drug-likeness (QED) is 0.929. The van der Waals surface area contributed by atoms with Gasteiger partial charge in [0.15, 0.2) is 0 Å². The van der Waals surface area contributed by atoms with Crippen molar-refractivity contribution in [3.8, 4) is 0 Å². The van der Waals surface area contributed by atoms with Gasteiger partial charge >= 0.3 is 0 Å². The summed E-state index contributed by atoms with van der Waals surface area (Å²) in [6.07, 6.45) is 1.77. The molecular formula is C12H13Cl2N3. The van der Waals surface area contributed by atoms with E-state index in [4.69, 9.17) is 23.2 Å². The number of aromatic nitrogens is 2. The maximum Gasteiger partial charge on any atom is 0.0746 e. The summed E-state index contributed by atoms with van der Waals surface area (Å²) in [5, 5.41) is 8.67. The van der Waals surface area contributed by atoms with Crippen LogP contribution in [0.3, 0.4) is 0 Å². The van der Waals surface area contributed by atoms with Gasteiger partial charge in [0.1, 0.15) is 0 Å². The number of nitrogens with one attached hydrogen (secondary N) is 1. The Morgan fingerprint density at radius 2 is 1.88 bits per heavy atom. The summed E-state index contributed by atoms with van der Waals surface area (Å²) in [6.45, 7) is 0. The lowest BCUT2D eigenvalue weighted by Gasteiger charge is -2.17. The van der Waals surface area contributed by atoms with Crippen molar-refractivity contribution in [1.29, 1.82) is 0 Å². The van der Waals surface area contributed by atoms with Gasteiger partial charge in [-0.15, -0.1) is 0 Å². The second-order valence-corrected chi connectivity index (χ2v) is 4.68. The van der Waals surface area contributed by atoms with Crippen LogP contribution >= 0.6 is 23.2 Å². The third kappa shape index (κ3) is 2.63. The van der Waals surface area contributed by atoms with E-state index in [2.05, 4.69) is 10.4 Å². The molecule has 2 aromatic rings. The predicted molar refractivity (Wildman–Crippen MR) is 70.6 cm³/mol. The monoisotopic (exact) mass is 269 g/mol. The van der Waals surface area contributed by atoms with Gasteiger partial charge in [-0.25, -0.2) is 0 Å². The van der Waals surface area contributed by atoms with E-state index in [1.54, 1.807) is 12.3 Å². The third-order valence-electron chi connectivity index (χ3n) is 2.66. The van der Waals surface area contributed by atoms with E-state index in [0.29, 0.717) is 10.0 Å². The summed E-state index contributed by atoms with van der Waals surface area (Å²) in [5.41, 5.74) is 2.08. The van der Waals surface area contributed by atoms with Crippen molar-refractivity contribution in [3.63, 3.8) is 0 Å². The first-order valence-electron chi connectivity index (χ1n) is 5.23. The van der Waals surface area contributed by atoms with Gasteiger partial charge in [-0.05, 0) is 36.9 Å². The minimum atomic E-state index is 0.0266. The minimum absolute atomic E-state index is 0.0266. The molecule has 90 valence electrons. The summed E-state index contributed by atoms with van der Waals surface area (Å²) in [6, 6.07) is 7.53. The zero-order valence-corrected chi connectivity index (χ0v) is 11.1. The van der Waals surface area contributed by atoms with E-state index < -0.39 is 0 Å². The van der Waals surface area contributed by atoms with Crippen molar-refractivity contribution in [2.75, 3.05) is 7.05 Å². The number of hydrogen-bond donors (Lipinski definition) is 1. The van der Waals surface area contributed by atoms with Crippen molar-refractivity contribution in [2.24, 2.45) is 7.05 Å². The lowest BCUT2D eigenvalue weighted by atomic mass is 10.0. The summed E-state index contributed by atoms with van der Waals surface area (Å²) in [5.74, 6) is 0. The summed E-state index contributed by atoms with van der Waals surface area (Å²) < 4.78 is 1.83. The number of nitrogens with zero attached hydrogens (tertiary/aromatic N) is 2. The Hall–Kier alpha value is -1.03. The molecule has 0 aliphatic rings. The van der Waals surface area contributed by atoms with Crippen molar-refractivity contribution in [2.45, 2.75) is 6.04 Å². The normalized spacial score (nSPS) is 12.7. The van der Waals surface area contributed by atoms with E-state index in [1.165, 1.54) is 0 Å². The van der Waals surface area contributed by atoms with E-state index in [-0.39, 0.29) is 6.04 Å². The molecule has 17 heavy (non-hydrogen) atoms. The topological polar surface area (TPSA) is 29.9 Å². The second kappa shape index (κ2) is 5.08. The van der Waals surface area contributed by atoms with Crippen LogP contribution in [0.2, 0.25) is 10.0 Å². The molecule has 1 atom stereocenters. The van der Waals surface area contributed by atoms with Crippen molar-refractivity contribution in [3.05, 3.63) is 51.8 Å². The molecule has 2 rings (SSSR count). The molecular weight excluding hydrogens is 257 g/mol. The Kier molecular flexibility index (Phi) is 3.72. The Labute approximate surface area is 110 Å². The molecule has 0 bridgehead atoms. The van der Waals surface area contributed by atoms with Gasteiger partial charge in [-0.3, -0.25) is 4.68 Å². The van der Waals surface area contributed by atoms with Crippen LogP contribution in [0, 0.1) is 0 Å². The van der Waals surface area contributed by atoms with Crippen LogP contribution in [0.15, 0.2) is 30.5 Å². The zero-order valence-electron chi connectivity index (χ0n) is 9.61. The minimum Gasteiger partial charge on any atom is -0.308 e. The Morgan fingerprint density at radius 3 is 2.35 bits per heavy atom. The first kappa shape index (κ1) is 12.4.